The maximum Gasteiger partial charge on any atom is 2.00 e. The molecule has 0 aromatic heterocycles. The molecule has 0 saturated heterocycles. The molecule has 0 unspecified atom stereocenters. The van der Waals surface area contributed by atoms with Crippen LogP contribution in [0.2, 0.25) is 0 Å². The van der Waals surface area contributed by atoms with Gasteiger partial charge in [-0.05, 0) is 51.4 Å². The Bertz CT molecular complexity index is 436. The van der Waals surface area contributed by atoms with Crippen LogP contribution in [0.3, 0.4) is 0 Å². The fraction of sp³-hybridized carbons (Fsp3) is 0.200. The molecule has 2 aliphatic heterocycles. The van der Waals surface area contributed by atoms with E-state index in [1.807, 2.05) is 85.5 Å². The summed E-state index contributed by atoms with van der Waals surface area (Å²) < 4.78 is 0. The molecule has 5 heteroatoms. The zero-order valence-electron chi connectivity index (χ0n) is 13.8. The Balaban J connectivity index is 0.000000173. The second-order valence-electron chi connectivity index (χ2n) is 5.71. The van der Waals surface area contributed by atoms with E-state index in [9.17, 15) is 9.59 Å². The Hall–Kier alpha value is -1.06. The van der Waals surface area contributed by atoms with E-state index in [4.69, 9.17) is 0 Å². The molecule has 0 aromatic rings. The molecule has 10 radical (unpaired) electrons. The van der Waals surface area contributed by atoms with Crippen molar-refractivity contribution in [2.45, 2.75) is 0 Å². The fourth-order valence-electron chi connectivity index (χ4n) is 2.69. The van der Waals surface area contributed by atoms with E-state index in [0.29, 0.717) is 0 Å². The van der Waals surface area contributed by atoms with Gasteiger partial charge in [-0.1, -0.05) is 24.3 Å². The topological polar surface area (TPSA) is 40.6 Å². The average Bonchev–Trinajstić information content (AvgIpc) is 3.43. The van der Waals surface area contributed by atoms with Crippen molar-refractivity contribution in [3.8, 4) is 0 Å². The minimum Gasteiger partial charge on any atom is -0.335 e. The molecule has 25 heavy (non-hydrogen) atoms. The first-order valence-corrected chi connectivity index (χ1v) is 8.07. The number of nitrogens with zero attached hydrogens (tertiary/aromatic N) is 2. The van der Waals surface area contributed by atoms with Crippen molar-refractivity contribution in [1.82, 2.24) is 9.80 Å². The molecule has 2 amide bonds. The summed E-state index contributed by atoms with van der Waals surface area (Å²) in [5.41, 5.74) is 0. The first-order chi connectivity index (χ1) is 11.8. The van der Waals surface area contributed by atoms with Gasteiger partial charge in [-0.3, -0.25) is 9.59 Å². The summed E-state index contributed by atoms with van der Waals surface area (Å²) in [4.78, 5) is 26.8. The number of carbonyl (C=O) groups excluding carboxylic acids is 2. The molecule has 2 fully saturated rings. The van der Waals surface area contributed by atoms with Crippen molar-refractivity contribution < 1.29 is 26.7 Å². The molecule has 0 bridgehead atoms. The first-order valence-electron chi connectivity index (χ1n) is 8.07. The maximum atomic E-state index is 11.6. The van der Waals surface area contributed by atoms with Gasteiger partial charge in [-0.15, -0.1) is 0 Å². The molecule has 0 aromatic carbocycles. The van der Waals surface area contributed by atoms with Gasteiger partial charge in [0.15, 0.2) is 0 Å². The molecule has 0 spiro atoms. The van der Waals surface area contributed by atoms with Gasteiger partial charge in [0, 0.05) is 26.2 Å². The molecule has 4 nitrogen and oxygen atoms in total. The van der Waals surface area contributed by atoms with Gasteiger partial charge in [0.2, 0.25) is 11.8 Å². The zero-order chi connectivity index (χ0) is 16.8. The molecule has 0 N–H and O–H groups in total. The normalized spacial score (nSPS) is 22.9. The second-order valence-corrected chi connectivity index (χ2v) is 5.71. The van der Waals surface area contributed by atoms with Gasteiger partial charge in [-0.2, -0.15) is 0 Å². The molecule has 2 heterocycles. The van der Waals surface area contributed by atoms with Crippen molar-refractivity contribution in [2.75, 3.05) is 26.2 Å². The van der Waals surface area contributed by atoms with E-state index in [1.165, 1.54) is 0 Å². The van der Waals surface area contributed by atoms with Crippen LogP contribution in [-0.2, 0) is 26.7 Å². The molecule has 4 aliphatic rings. The number of amides is 2. The van der Waals surface area contributed by atoms with Crippen molar-refractivity contribution >= 4 is 11.8 Å². The van der Waals surface area contributed by atoms with E-state index < -0.39 is 0 Å². The first kappa shape index (κ1) is 20.3. The van der Waals surface area contributed by atoms with Crippen LogP contribution in [0.4, 0.5) is 0 Å². The van der Waals surface area contributed by atoms with Crippen molar-refractivity contribution in [2.24, 2.45) is 0 Å². The van der Waals surface area contributed by atoms with Gasteiger partial charge in [0.25, 0.3) is 0 Å². The Kier molecular flexibility index (Phi) is 8.24. The summed E-state index contributed by atoms with van der Waals surface area (Å²) in [6.45, 7) is 3.02. The monoisotopic (exact) mass is 376 g/mol. The van der Waals surface area contributed by atoms with E-state index in [2.05, 4.69) is 0 Å². The van der Waals surface area contributed by atoms with Gasteiger partial charge in [0.1, 0.15) is 0 Å². The van der Waals surface area contributed by atoms with Crippen LogP contribution in [0, 0.1) is 63.2 Å². The maximum absolute atomic E-state index is 11.6. The summed E-state index contributed by atoms with van der Waals surface area (Å²) in [5.74, 6) is 1.84. The average molecular weight is 376 g/mol. The van der Waals surface area contributed by atoms with Crippen LogP contribution in [0.25, 0.3) is 0 Å². The largest absolute Gasteiger partial charge is 2.00 e. The van der Waals surface area contributed by atoms with Crippen LogP contribution in [0.1, 0.15) is 0 Å². The number of carbonyl (C=O) groups is 2. The molecular formula is C20H20FeN2O2+2. The summed E-state index contributed by atoms with van der Waals surface area (Å²) in [5, 5.41) is 0. The predicted molar refractivity (Wildman–Crippen MR) is 92.3 cm³/mol. The molecule has 2 saturated carbocycles. The van der Waals surface area contributed by atoms with Crippen LogP contribution in [-0.4, -0.2) is 47.8 Å². The molecule has 0 atom stereocenters. The fourth-order valence-corrected chi connectivity index (χ4v) is 2.69. The summed E-state index contributed by atoms with van der Waals surface area (Å²) >= 11 is 0. The smallest absolute Gasteiger partial charge is 0.335 e. The second kappa shape index (κ2) is 10.2. The molecule has 128 valence electrons. The van der Waals surface area contributed by atoms with Gasteiger partial charge >= 0.3 is 17.1 Å². The minimum absolute atomic E-state index is 0. The van der Waals surface area contributed by atoms with Crippen LogP contribution < -0.4 is 0 Å². The van der Waals surface area contributed by atoms with Crippen LogP contribution >= 0.6 is 0 Å². The Morgan fingerprint density at radius 2 is 0.880 bits per heavy atom. The van der Waals surface area contributed by atoms with E-state index in [-0.39, 0.29) is 28.9 Å². The van der Waals surface area contributed by atoms with Gasteiger partial charge in [0.05, 0.1) is 11.8 Å². The third-order valence-electron chi connectivity index (χ3n) is 4.03. The molecule has 2 aliphatic carbocycles. The number of rotatable bonds is 2. The molecular weight excluding hydrogens is 356 g/mol. The van der Waals surface area contributed by atoms with Crippen LogP contribution in [0.15, 0.2) is 24.3 Å². The predicted octanol–water partition coefficient (Wildman–Crippen LogP) is 1.58. The van der Waals surface area contributed by atoms with Gasteiger partial charge < -0.3 is 9.80 Å². The quantitative estimate of drug-likeness (QED) is 0.543. The standard InChI is InChI=1S/2C10H10NO.Fe/c2*12-10(9-5-1-2-6-9)11-7-3-4-8-11;/h2*1-6H,7-8H2;/q;;+2. The minimum atomic E-state index is 0. The SMILES string of the molecule is O=C([C]1[CH][CH][CH][CH]1)N1CC=CC1.O=C([C]1[CH][CH][CH][CH]1)N1CC=CC1.[Fe+2]. The Labute approximate surface area is 162 Å². The third-order valence-corrected chi connectivity index (χ3v) is 4.03. The zero-order valence-corrected chi connectivity index (χ0v) is 14.9. The Morgan fingerprint density at radius 3 is 1.16 bits per heavy atom. The van der Waals surface area contributed by atoms with E-state index >= 15 is 0 Å². The third kappa shape index (κ3) is 5.46. The molecule has 4 rings (SSSR count). The van der Waals surface area contributed by atoms with Crippen molar-refractivity contribution in [3.63, 3.8) is 0 Å². The summed E-state index contributed by atoms with van der Waals surface area (Å²) in [6, 6.07) is 0. The summed E-state index contributed by atoms with van der Waals surface area (Å²) in [7, 11) is 0. The Morgan fingerprint density at radius 1 is 0.600 bits per heavy atom. The van der Waals surface area contributed by atoms with Crippen molar-refractivity contribution in [1.29, 1.82) is 0 Å². The van der Waals surface area contributed by atoms with Crippen molar-refractivity contribution in [3.05, 3.63) is 87.5 Å². The van der Waals surface area contributed by atoms with Crippen LogP contribution in [0.5, 0.6) is 0 Å². The summed E-state index contributed by atoms with van der Waals surface area (Å²) in [6.07, 6.45) is 23.0. The number of hydrogen-bond acceptors (Lipinski definition) is 2. The number of hydrogen-bond donors (Lipinski definition) is 0. The van der Waals surface area contributed by atoms with Gasteiger partial charge in [-0.25, -0.2) is 0 Å². The van der Waals surface area contributed by atoms with E-state index in [0.717, 1.165) is 38.0 Å². The van der Waals surface area contributed by atoms with E-state index in [1.54, 1.807) is 0 Å².